The molecule has 0 spiro atoms. The Morgan fingerprint density at radius 3 is 2.35 bits per heavy atom. The van der Waals surface area contributed by atoms with Gasteiger partial charge in [0.05, 0.1) is 5.69 Å². The highest BCUT2D eigenvalue weighted by Gasteiger charge is 2.23. The topological polar surface area (TPSA) is 67.4 Å². The van der Waals surface area contributed by atoms with Gasteiger partial charge in [0.2, 0.25) is 0 Å². The lowest BCUT2D eigenvalue weighted by molar-refractivity contribution is 0.483. The molecule has 1 heterocycles. The molecule has 0 amide bonds. The molecule has 3 aromatic carbocycles. The van der Waals surface area contributed by atoms with Crippen molar-refractivity contribution in [2.24, 2.45) is 0 Å². The van der Waals surface area contributed by atoms with Gasteiger partial charge in [-0.3, -0.25) is 4.72 Å². The maximum Gasteiger partial charge on any atom is 0.299 e. The first-order valence-corrected chi connectivity index (χ1v) is 9.79. The van der Waals surface area contributed by atoms with Crippen molar-refractivity contribution in [3.05, 3.63) is 77.3 Å². The summed E-state index contributed by atoms with van der Waals surface area (Å²) in [5.41, 5.74) is 2.91. The van der Waals surface area contributed by atoms with Crippen molar-refractivity contribution in [2.45, 2.75) is 6.54 Å². The summed E-state index contributed by atoms with van der Waals surface area (Å²) in [4.78, 5) is 0. The predicted octanol–water partition coefficient (Wildman–Crippen LogP) is 4.56. The molecule has 3 aromatic rings. The molecule has 0 unspecified atom stereocenters. The van der Waals surface area contributed by atoms with E-state index in [1.807, 2.05) is 54.6 Å². The number of benzene rings is 3. The summed E-state index contributed by atoms with van der Waals surface area (Å²) in [6, 6.07) is 20.4. The smallest absolute Gasteiger partial charge is 0.299 e. The molecular weight excluding hydrogens is 372 g/mol. The van der Waals surface area contributed by atoms with Gasteiger partial charge in [-0.1, -0.05) is 41.9 Å². The van der Waals surface area contributed by atoms with Crippen molar-refractivity contribution in [3.63, 3.8) is 0 Å². The van der Waals surface area contributed by atoms with Crippen LogP contribution in [0, 0.1) is 0 Å². The molecule has 0 radical (unpaired) electrons. The van der Waals surface area contributed by atoms with Crippen LogP contribution in [0.2, 0.25) is 5.02 Å². The Morgan fingerprint density at radius 1 is 0.923 bits per heavy atom. The van der Waals surface area contributed by atoms with Gasteiger partial charge in [0.15, 0.2) is 0 Å². The van der Waals surface area contributed by atoms with Crippen LogP contribution in [-0.2, 0) is 16.8 Å². The van der Waals surface area contributed by atoms with E-state index in [9.17, 15) is 8.42 Å². The molecule has 2 N–H and O–H groups in total. The van der Waals surface area contributed by atoms with Crippen molar-refractivity contribution in [1.29, 1.82) is 0 Å². The number of anilines is 1. The van der Waals surface area contributed by atoms with E-state index in [1.165, 1.54) is 0 Å². The van der Waals surface area contributed by atoms with Gasteiger partial charge >= 0.3 is 0 Å². The second-order valence-electron chi connectivity index (χ2n) is 5.85. The van der Waals surface area contributed by atoms with Crippen LogP contribution in [0.25, 0.3) is 11.1 Å². The molecule has 0 fully saturated rings. The van der Waals surface area contributed by atoms with E-state index in [0.717, 1.165) is 22.4 Å². The molecule has 5 nitrogen and oxygen atoms in total. The zero-order valence-corrected chi connectivity index (χ0v) is 15.1. The second-order valence-corrected chi connectivity index (χ2v) is 7.79. The van der Waals surface area contributed by atoms with E-state index in [0.29, 0.717) is 16.5 Å². The number of ether oxygens (including phenoxy) is 1. The van der Waals surface area contributed by atoms with Crippen molar-refractivity contribution in [2.75, 3.05) is 4.72 Å². The van der Waals surface area contributed by atoms with Gasteiger partial charge in [0, 0.05) is 17.1 Å². The van der Waals surface area contributed by atoms with Crippen LogP contribution < -0.4 is 14.2 Å². The third kappa shape index (κ3) is 3.53. The normalized spacial score (nSPS) is 15.0. The Kier molecular flexibility index (Phi) is 4.32. The quantitative estimate of drug-likeness (QED) is 0.693. The molecule has 132 valence electrons. The lowest BCUT2D eigenvalue weighted by atomic mass is 10.00. The summed E-state index contributed by atoms with van der Waals surface area (Å²) < 4.78 is 34.5. The fourth-order valence-corrected chi connectivity index (χ4v) is 3.99. The Labute approximate surface area is 156 Å². The van der Waals surface area contributed by atoms with E-state index in [-0.39, 0.29) is 6.54 Å². The van der Waals surface area contributed by atoms with Crippen molar-refractivity contribution in [3.8, 4) is 22.6 Å². The van der Waals surface area contributed by atoms with Crippen LogP contribution in [0.3, 0.4) is 0 Å². The van der Waals surface area contributed by atoms with Crippen LogP contribution in [0.4, 0.5) is 5.69 Å². The third-order valence-electron chi connectivity index (χ3n) is 4.02. The number of halogens is 1. The Morgan fingerprint density at radius 2 is 1.62 bits per heavy atom. The highest BCUT2D eigenvalue weighted by Crippen LogP contribution is 2.37. The van der Waals surface area contributed by atoms with Gasteiger partial charge < -0.3 is 4.74 Å². The predicted molar refractivity (Wildman–Crippen MR) is 103 cm³/mol. The minimum atomic E-state index is -3.56. The molecule has 0 aliphatic carbocycles. The zero-order valence-electron chi connectivity index (χ0n) is 13.6. The van der Waals surface area contributed by atoms with Crippen LogP contribution in [0.1, 0.15) is 5.56 Å². The van der Waals surface area contributed by atoms with Gasteiger partial charge in [-0.2, -0.15) is 13.1 Å². The summed E-state index contributed by atoms with van der Waals surface area (Å²) >= 11 is 6.21. The van der Waals surface area contributed by atoms with E-state index < -0.39 is 10.2 Å². The Balaban J connectivity index is 1.69. The number of rotatable bonds is 3. The van der Waals surface area contributed by atoms with Gasteiger partial charge in [0.25, 0.3) is 10.2 Å². The zero-order chi connectivity index (χ0) is 18.1. The molecule has 0 atom stereocenters. The molecule has 26 heavy (non-hydrogen) atoms. The summed E-state index contributed by atoms with van der Waals surface area (Å²) in [7, 11) is -3.56. The maximum absolute atomic E-state index is 11.9. The van der Waals surface area contributed by atoms with E-state index in [4.69, 9.17) is 16.3 Å². The molecule has 1 aliphatic rings. The van der Waals surface area contributed by atoms with Crippen LogP contribution >= 0.6 is 11.6 Å². The Hall–Kier alpha value is -2.54. The highest BCUT2D eigenvalue weighted by molar-refractivity contribution is 7.90. The van der Waals surface area contributed by atoms with Crippen molar-refractivity contribution >= 4 is 27.5 Å². The number of hydrogen-bond acceptors (Lipinski definition) is 3. The fourth-order valence-electron chi connectivity index (χ4n) is 2.82. The first kappa shape index (κ1) is 16.9. The first-order valence-electron chi connectivity index (χ1n) is 7.93. The number of nitrogens with one attached hydrogen (secondary N) is 2. The van der Waals surface area contributed by atoms with Crippen LogP contribution in [0.5, 0.6) is 11.5 Å². The summed E-state index contributed by atoms with van der Waals surface area (Å²) in [6.45, 7) is 0.202. The van der Waals surface area contributed by atoms with Crippen molar-refractivity contribution < 1.29 is 13.2 Å². The fraction of sp³-hybridized carbons (Fsp3) is 0.0526. The summed E-state index contributed by atoms with van der Waals surface area (Å²) in [5, 5.41) is 0.547. The molecule has 0 saturated heterocycles. The standard InChI is InChI=1S/C19H15ClN2O3S/c20-15-10-14-12-21-26(23,24)22-19(14)18(11-15)13-6-8-17(9-7-13)25-16-4-2-1-3-5-16/h1-11,21-22H,12H2. The molecule has 0 aromatic heterocycles. The minimum Gasteiger partial charge on any atom is -0.457 e. The molecule has 1 aliphatic heterocycles. The number of para-hydroxylation sites is 1. The summed E-state index contributed by atoms with van der Waals surface area (Å²) in [6.07, 6.45) is 0. The summed E-state index contributed by atoms with van der Waals surface area (Å²) in [5.74, 6) is 1.44. The molecule has 0 bridgehead atoms. The number of fused-ring (bicyclic) bond motifs is 1. The van der Waals surface area contributed by atoms with Crippen LogP contribution in [0.15, 0.2) is 66.7 Å². The lowest BCUT2D eigenvalue weighted by Gasteiger charge is -2.22. The van der Waals surface area contributed by atoms with Gasteiger partial charge in [0.1, 0.15) is 11.5 Å². The largest absolute Gasteiger partial charge is 0.457 e. The van der Waals surface area contributed by atoms with Gasteiger partial charge in [-0.05, 0) is 47.5 Å². The number of hydrogen-bond donors (Lipinski definition) is 2. The molecule has 4 rings (SSSR count). The molecular formula is C19H15ClN2O3S. The highest BCUT2D eigenvalue weighted by atomic mass is 35.5. The monoisotopic (exact) mass is 386 g/mol. The molecule has 0 saturated carbocycles. The SMILES string of the molecule is O=S1(=O)NCc2cc(Cl)cc(-c3ccc(Oc4ccccc4)cc3)c2N1. The second kappa shape index (κ2) is 6.64. The maximum atomic E-state index is 11.9. The lowest BCUT2D eigenvalue weighted by Crippen LogP contribution is -2.34. The van der Waals surface area contributed by atoms with E-state index in [1.54, 1.807) is 12.1 Å². The minimum absolute atomic E-state index is 0.202. The van der Waals surface area contributed by atoms with E-state index >= 15 is 0 Å². The van der Waals surface area contributed by atoms with Crippen molar-refractivity contribution in [1.82, 2.24) is 4.72 Å². The van der Waals surface area contributed by atoms with Gasteiger partial charge in [-0.25, -0.2) is 0 Å². The Bertz CT molecular complexity index is 1050. The van der Waals surface area contributed by atoms with Crippen LogP contribution in [-0.4, -0.2) is 8.42 Å². The average molecular weight is 387 g/mol. The first-order chi connectivity index (χ1) is 12.5. The average Bonchev–Trinajstić information content (AvgIpc) is 2.63. The van der Waals surface area contributed by atoms with E-state index in [2.05, 4.69) is 9.44 Å². The molecule has 7 heteroatoms. The third-order valence-corrected chi connectivity index (χ3v) is 5.23. The van der Waals surface area contributed by atoms with Gasteiger partial charge in [-0.15, -0.1) is 0 Å².